The van der Waals surface area contributed by atoms with E-state index in [-0.39, 0.29) is 12.5 Å². The second kappa shape index (κ2) is 7.75. The van der Waals surface area contributed by atoms with Gasteiger partial charge in [-0.2, -0.15) is 0 Å². The molecule has 0 heterocycles. The molecule has 0 radical (unpaired) electrons. The minimum Gasteiger partial charge on any atom is -0.397 e. The first-order valence-electron chi connectivity index (χ1n) is 6.98. The van der Waals surface area contributed by atoms with Gasteiger partial charge in [0.25, 0.3) is 5.91 Å². The highest BCUT2D eigenvalue weighted by Crippen LogP contribution is 2.23. The molecule has 0 bridgehead atoms. The molecule has 1 aromatic rings. The van der Waals surface area contributed by atoms with Gasteiger partial charge in [-0.05, 0) is 24.6 Å². The number of nitrogens with two attached hydrogens (primary N) is 1. The zero-order valence-corrected chi connectivity index (χ0v) is 12.6. The number of hydrogen-bond acceptors (Lipinski definition) is 4. The average molecular weight is 279 g/mol. The lowest BCUT2D eigenvalue weighted by atomic mass is 10.1. The summed E-state index contributed by atoms with van der Waals surface area (Å²) in [5.41, 5.74) is 8.02. The molecular weight excluding hydrogens is 254 g/mol. The lowest BCUT2D eigenvalue weighted by Gasteiger charge is -2.22. The fraction of sp³-hybridized carbons (Fsp3) is 0.533. The number of amides is 1. The van der Waals surface area contributed by atoms with E-state index in [4.69, 9.17) is 10.8 Å². The van der Waals surface area contributed by atoms with Gasteiger partial charge >= 0.3 is 0 Å². The molecule has 0 unspecified atom stereocenters. The van der Waals surface area contributed by atoms with Gasteiger partial charge in [0.1, 0.15) is 0 Å². The van der Waals surface area contributed by atoms with Gasteiger partial charge in [0.05, 0.1) is 18.0 Å². The Bertz CT molecular complexity index is 447. The Hall–Kier alpha value is -1.75. The molecule has 5 heteroatoms. The van der Waals surface area contributed by atoms with Crippen molar-refractivity contribution in [3.05, 3.63) is 23.8 Å². The smallest absolute Gasteiger partial charge is 0.254 e. The van der Waals surface area contributed by atoms with Gasteiger partial charge in [-0.25, -0.2) is 0 Å². The van der Waals surface area contributed by atoms with Gasteiger partial charge in [0, 0.05) is 32.7 Å². The van der Waals surface area contributed by atoms with Gasteiger partial charge in [-0.3, -0.25) is 4.79 Å². The number of rotatable bonds is 7. The zero-order chi connectivity index (χ0) is 15.1. The van der Waals surface area contributed by atoms with Crippen LogP contribution < -0.4 is 10.6 Å². The van der Waals surface area contributed by atoms with Crippen molar-refractivity contribution in [2.75, 3.05) is 44.4 Å². The molecule has 0 spiro atoms. The van der Waals surface area contributed by atoms with Gasteiger partial charge in [-0.15, -0.1) is 0 Å². The molecule has 0 atom stereocenters. The molecule has 3 N–H and O–H groups in total. The first kappa shape index (κ1) is 16.3. The Balaban J connectivity index is 2.91. The maximum absolute atomic E-state index is 12.4. The maximum atomic E-state index is 12.4. The van der Waals surface area contributed by atoms with Crippen LogP contribution in [0.4, 0.5) is 11.4 Å². The van der Waals surface area contributed by atoms with Gasteiger partial charge in [0.15, 0.2) is 0 Å². The van der Waals surface area contributed by atoms with E-state index in [1.54, 1.807) is 17.0 Å². The van der Waals surface area contributed by atoms with E-state index in [9.17, 15) is 4.79 Å². The summed E-state index contributed by atoms with van der Waals surface area (Å²) in [5, 5.41) is 9.08. The second-order valence-corrected chi connectivity index (χ2v) is 5.04. The van der Waals surface area contributed by atoms with E-state index >= 15 is 0 Å². The molecule has 1 amide bonds. The quantitative estimate of drug-likeness (QED) is 0.743. The van der Waals surface area contributed by atoms with Crippen molar-refractivity contribution in [3.8, 4) is 0 Å². The summed E-state index contributed by atoms with van der Waals surface area (Å²) in [4.78, 5) is 16.0. The lowest BCUT2D eigenvalue weighted by Crippen LogP contribution is -2.34. The first-order chi connectivity index (χ1) is 9.51. The molecule has 1 rings (SSSR count). The topological polar surface area (TPSA) is 69.8 Å². The molecule has 0 saturated heterocycles. The normalized spacial score (nSPS) is 10.4. The molecule has 112 valence electrons. The molecule has 0 fully saturated rings. The first-order valence-corrected chi connectivity index (χ1v) is 6.98. The predicted octanol–water partition coefficient (Wildman–Crippen LogP) is 1.57. The number of carbonyl (C=O) groups excluding carboxylic acids is 1. The summed E-state index contributed by atoms with van der Waals surface area (Å²) in [5.74, 6) is -0.0792. The molecule has 0 aliphatic heterocycles. The van der Waals surface area contributed by atoms with Crippen molar-refractivity contribution in [1.29, 1.82) is 0 Å². The van der Waals surface area contributed by atoms with E-state index in [0.717, 1.165) is 18.5 Å². The van der Waals surface area contributed by atoms with Crippen LogP contribution in [0.2, 0.25) is 0 Å². The molecule has 0 aliphatic carbocycles. The van der Waals surface area contributed by atoms with Crippen LogP contribution in [0.1, 0.15) is 30.1 Å². The van der Waals surface area contributed by atoms with Crippen molar-refractivity contribution in [2.45, 2.75) is 19.8 Å². The van der Waals surface area contributed by atoms with Crippen molar-refractivity contribution in [3.63, 3.8) is 0 Å². The summed E-state index contributed by atoms with van der Waals surface area (Å²) < 4.78 is 0. The van der Waals surface area contributed by atoms with Crippen LogP contribution in [0.3, 0.4) is 0 Å². The van der Waals surface area contributed by atoms with E-state index in [2.05, 4.69) is 6.92 Å². The van der Waals surface area contributed by atoms with Crippen molar-refractivity contribution in [1.82, 2.24) is 4.90 Å². The van der Waals surface area contributed by atoms with Crippen LogP contribution in [-0.2, 0) is 0 Å². The third-order valence-electron chi connectivity index (χ3n) is 3.20. The van der Waals surface area contributed by atoms with Gasteiger partial charge in [0.2, 0.25) is 0 Å². The monoisotopic (exact) mass is 279 g/mol. The SMILES string of the molecule is CCCCN(CCO)C(=O)c1ccc(N(C)C)c(N)c1. The standard InChI is InChI=1S/C15H25N3O2/c1-4-5-8-18(9-10-19)15(20)12-6-7-14(17(2)3)13(16)11-12/h6-7,11,19H,4-5,8-10,16H2,1-3H3. The molecular formula is C15H25N3O2. The predicted molar refractivity (Wildman–Crippen MR) is 83.1 cm³/mol. The summed E-state index contributed by atoms with van der Waals surface area (Å²) in [7, 11) is 3.82. The van der Waals surface area contributed by atoms with Crippen LogP contribution in [-0.4, -0.2) is 49.7 Å². The van der Waals surface area contributed by atoms with E-state index in [1.807, 2.05) is 25.1 Å². The number of hydrogen-bond donors (Lipinski definition) is 2. The molecule has 0 aliphatic rings. The summed E-state index contributed by atoms with van der Waals surface area (Å²) in [6.07, 6.45) is 1.94. The summed E-state index contributed by atoms with van der Waals surface area (Å²) >= 11 is 0. The molecule has 0 saturated carbocycles. The number of aliphatic hydroxyl groups is 1. The van der Waals surface area contributed by atoms with Crippen LogP contribution in [0.15, 0.2) is 18.2 Å². The Morgan fingerprint density at radius 3 is 2.50 bits per heavy atom. The van der Waals surface area contributed by atoms with E-state index in [1.165, 1.54) is 0 Å². The number of nitrogens with zero attached hydrogens (tertiary/aromatic N) is 2. The minimum absolute atomic E-state index is 0.0271. The Labute approximate surface area is 121 Å². The Kier molecular flexibility index (Phi) is 6.31. The van der Waals surface area contributed by atoms with Crippen LogP contribution in [0, 0.1) is 0 Å². The highest BCUT2D eigenvalue weighted by molar-refractivity contribution is 5.96. The largest absolute Gasteiger partial charge is 0.397 e. The van der Waals surface area contributed by atoms with Gasteiger partial charge in [-0.1, -0.05) is 13.3 Å². The minimum atomic E-state index is -0.0792. The van der Waals surface area contributed by atoms with E-state index in [0.29, 0.717) is 24.3 Å². The van der Waals surface area contributed by atoms with Crippen molar-refractivity contribution in [2.24, 2.45) is 0 Å². The average Bonchev–Trinajstić information content (AvgIpc) is 2.42. The third kappa shape index (κ3) is 4.13. The maximum Gasteiger partial charge on any atom is 0.254 e. The number of unbranched alkanes of at least 4 members (excludes halogenated alkanes) is 1. The number of benzene rings is 1. The van der Waals surface area contributed by atoms with E-state index < -0.39 is 0 Å². The zero-order valence-electron chi connectivity index (χ0n) is 12.6. The fourth-order valence-corrected chi connectivity index (χ4v) is 2.06. The lowest BCUT2D eigenvalue weighted by molar-refractivity contribution is 0.0719. The van der Waals surface area contributed by atoms with Gasteiger partial charge < -0.3 is 20.6 Å². The second-order valence-electron chi connectivity index (χ2n) is 5.04. The molecule has 1 aromatic carbocycles. The Morgan fingerprint density at radius 1 is 1.30 bits per heavy atom. The number of carbonyl (C=O) groups is 1. The number of anilines is 2. The third-order valence-corrected chi connectivity index (χ3v) is 3.20. The summed E-state index contributed by atoms with van der Waals surface area (Å²) in [6, 6.07) is 5.33. The highest BCUT2D eigenvalue weighted by atomic mass is 16.3. The number of nitrogen functional groups attached to an aromatic ring is 1. The molecule has 0 aromatic heterocycles. The summed E-state index contributed by atoms with van der Waals surface area (Å²) in [6.45, 7) is 3.06. The highest BCUT2D eigenvalue weighted by Gasteiger charge is 2.16. The van der Waals surface area contributed by atoms with Crippen LogP contribution >= 0.6 is 0 Å². The van der Waals surface area contributed by atoms with Crippen molar-refractivity contribution >= 4 is 17.3 Å². The molecule has 5 nitrogen and oxygen atoms in total. The van der Waals surface area contributed by atoms with Crippen LogP contribution in [0.25, 0.3) is 0 Å². The Morgan fingerprint density at radius 2 is 2.00 bits per heavy atom. The number of aliphatic hydroxyl groups excluding tert-OH is 1. The van der Waals surface area contributed by atoms with Crippen molar-refractivity contribution < 1.29 is 9.90 Å². The van der Waals surface area contributed by atoms with Crippen LogP contribution in [0.5, 0.6) is 0 Å². The fourth-order valence-electron chi connectivity index (χ4n) is 2.06. The molecule has 20 heavy (non-hydrogen) atoms.